The minimum absolute atomic E-state index is 0.0242. The monoisotopic (exact) mass is 871 g/mol. The molecule has 0 aromatic heterocycles. The van der Waals surface area contributed by atoms with Crippen molar-refractivity contribution in [2.45, 2.75) is 148 Å². The average molecular weight is 871 g/mol. The van der Waals surface area contributed by atoms with Crippen molar-refractivity contribution in [2.24, 2.45) is 23.5 Å². The molecule has 1 saturated heterocycles. The van der Waals surface area contributed by atoms with Crippen LogP contribution >= 0.6 is 0 Å². The van der Waals surface area contributed by atoms with Gasteiger partial charge in [0.15, 0.2) is 0 Å². The summed E-state index contributed by atoms with van der Waals surface area (Å²) in [4.78, 5) is 88.0. The zero-order valence-corrected chi connectivity index (χ0v) is 39.8. The molecule has 62 heavy (non-hydrogen) atoms. The molecule has 16 nitrogen and oxygen atoms in total. The molecule has 350 valence electrons. The molecule has 0 bridgehead atoms. The molecule has 9 atom stereocenters. The average Bonchev–Trinajstić information content (AvgIpc) is 3.70. The highest BCUT2D eigenvalue weighted by Gasteiger charge is 2.48. The molecule has 1 aliphatic carbocycles. The maximum absolute atomic E-state index is 14.3. The number of likely N-dealkylation sites (tertiary alicyclic amines) is 1. The highest BCUT2D eigenvalue weighted by Crippen LogP contribution is 2.37. The number of ether oxygens (including phenoxy) is 2. The van der Waals surface area contributed by atoms with Gasteiger partial charge >= 0.3 is 0 Å². The lowest BCUT2D eigenvalue weighted by molar-refractivity contribution is -0.150. The number of carbonyl (C=O) groups excluding carboxylic acids is 6. The van der Waals surface area contributed by atoms with E-state index in [1.807, 2.05) is 69.8 Å². The van der Waals surface area contributed by atoms with Crippen molar-refractivity contribution < 1.29 is 38.2 Å². The van der Waals surface area contributed by atoms with Crippen molar-refractivity contribution in [3.63, 3.8) is 0 Å². The number of benzene rings is 1. The van der Waals surface area contributed by atoms with Gasteiger partial charge in [-0.2, -0.15) is 0 Å². The molecule has 1 aromatic carbocycles. The van der Waals surface area contributed by atoms with Crippen LogP contribution in [0.25, 0.3) is 0 Å². The second kappa shape index (κ2) is 23.5. The van der Waals surface area contributed by atoms with E-state index < -0.39 is 53.7 Å². The van der Waals surface area contributed by atoms with Crippen LogP contribution in [0.2, 0.25) is 0 Å². The Morgan fingerprint density at radius 1 is 0.903 bits per heavy atom. The van der Waals surface area contributed by atoms with Gasteiger partial charge in [-0.25, -0.2) is 0 Å². The molecule has 2 aliphatic rings. The van der Waals surface area contributed by atoms with Crippen LogP contribution in [0.5, 0.6) is 0 Å². The fourth-order valence-corrected chi connectivity index (χ4v) is 8.92. The van der Waals surface area contributed by atoms with Crippen LogP contribution < -0.4 is 21.7 Å². The third-order valence-electron chi connectivity index (χ3n) is 13.4. The van der Waals surface area contributed by atoms with Gasteiger partial charge in [0.25, 0.3) is 0 Å². The van der Waals surface area contributed by atoms with Gasteiger partial charge in [0.2, 0.25) is 35.4 Å². The zero-order chi connectivity index (χ0) is 46.6. The Kier molecular flexibility index (Phi) is 19.8. The van der Waals surface area contributed by atoms with E-state index in [9.17, 15) is 28.8 Å². The SMILES string of the molecule is CC[C@H](C)[C@@H]([C@@H](CC(=O)N1CCC[C@H]1[C@H](OC)[C@@H](C)C(=O)N(C)CCc1cccc(NC(=O)[C@H](C)NC(=O)[C@H](C)N)c1)OC)N(C)C(=O)[C@@H](NC(=O)C1(N(C)C)CCC1)C(C)C. The minimum atomic E-state index is -0.778. The summed E-state index contributed by atoms with van der Waals surface area (Å²) in [5.41, 5.74) is 6.47. The van der Waals surface area contributed by atoms with Crippen LogP contribution in [0.15, 0.2) is 24.3 Å². The van der Waals surface area contributed by atoms with Crippen LogP contribution in [-0.4, -0.2) is 158 Å². The fraction of sp³-hybridized carbons (Fsp3) is 0.739. The zero-order valence-electron chi connectivity index (χ0n) is 39.8. The number of amides is 6. The Labute approximate surface area is 370 Å². The summed E-state index contributed by atoms with van der Waals surface area (Å²) in [6, 6.07) is 4.29. The quantitative estimate of drug-likeness (QED) is 0.127. The van der Waals surface area contributed by atoms with Gasteiger partial charge in [0.05, 0.1) is 48.2 Å². The van der Waals surface area contributed by atoms with Crippen LogP contribution in [0.3, 0.4) is 0 Å². The normalized spacial score (nSPS) is 19.9. The first-order chi connectivity index (χ1) is 29.1. The molecule has 1 heterocycles. The first kappa shape index (κ1) is 52.2. The predicted molar refractivity (Wildman–Crippen MR) is 241 cm³/mol. The number of nitrogens with zero attached hydrogens (tertiary/aromatic N) is 4. The molecule has 1 aliphatic heterocycles. The summed E-state index contributed by atoms with van der Waals surface area (Å²) in [7, 11) is 10.4. The number of hydrogen-bond donors (Lipinski definition) is 4. The van der Waals surface area contributed by atoms with Crippen molar-refractivity contribution in [1.82, 2.24) is 30.2 Å². The fourth-order valence-electron chi connectivity index (χ4n) is 8.92. The third kappa shape index (κ3) is 12.8. The number of likely N-dealkylation sites (N-methyl/N-ethyl adjacent to an activating group) is 3. The summed E-state index contributed by atoms with van der Waals surface area (Å²) in [6.45, 7) is 13.8. The molecular weight excluding hydrogens is 793 g/mol. The lowest BCUT2D eigenvalue weighted by atomic mass is 9.74. The Balaban J connectivity index is 1.69. The Morgan fingerprint density at radius 2 is 1.56 bits per heavy atom. The Morgan fingerprint density at radius 3 is 2.10 bits per heavy atom. The maximum atomic E-state index is 14.3. The van der Waals surface area contributed by atoms with E-state index >= 15 is 0 Å². The van der Waals surface area contributed by atoms with Crippen molar-refractivity contribution in [1.29, 1.82) is 0 Å². The van der Waals surface area contributed by atoms with E-state index in [-0.39, 0.29) is 53.8 Å². The number of methoxy groups -OCH3 is 2. The highest BCUT2D eigenvalue weighted by atomic mass is 16.5. The first-order valence-electron chi connectivity index (χ1n) is 22.5. The number of carbonyl (C=O) groups is 6. The van der Waals surface area contributed by atoms with Crippen molar-refractivity contribution in [3.05, 3.63) is 29.8 Å². The van der Waals surface area contributed by atoms with Gasteiger partial charge in [0, 0.05) is 47.1 Å². The lowest BCUT2D eigenvalue weighted by Crippen LogP contribution is -2.65. The summed E-state index contributed by atoms with van der Waals surface area (Å²) >= 11 is 0. The first-order valence-corrected chi connectivity index (χ1v) is 22.5. The second-order valence-electron chi connectivity index (χ2n) is 18.3. The van der Waals surface area contributed by atoms with E-state index in [2.05, 4.69) is 22.9 Å². The smallest absolute Gasteiger partial charge is 0.246 e. The van der Waals surface area contributed by atoms with Gasteiger partial charge in [-0.3, -0.25) is 33.7 Å². The van der Waals surface area contributed by atoms with E-state index in [1.54, 1.807) is 58.0 Å². The summed E-state index contributed by atoms with van der Waals surface area (Å²) < 4.78 is 12.1. The predicted octanol–water partition coefficient (Wildman–Crippen LogP) is 3.02. The lowest BCUT2D eigenvalue weighted by Gasteiger charge is -2.46. The van der Waals surface area contributed by atoms with Gasteiger partial charge in [-0.15, -0.1) is 0 Å². The molecule has 0 radical (unpaired) electrons. The van der Waals surface area contributed by atoms with Gasteiger partial charge < -0.3 is 45.9 Å². The van der Waals surface area contributed by atoms with Crippen LogP contribution in [0.1, 0.15) is 99.0 Å². The van der Waals surface area contributed by atoms with Crippen LogP contribution in [0.4, 0.5) is 5.69 Å². The highest BCUT2D eigenvalue weighted by molar-refractivity contribution is 5.97. The Bertz CT molecular complexity index is 1690. The molecule has 0 unspecified atom stereocenters. The van der Waals surface area contributed by atoms with Gasteiger partial charge in [-0.1, -0.05) is 53.2 Å². The number of nitrogens with one attached hydrogen (secondary N) is 3. The molecular formula is C46H78N8O8. The topological polar surface area (TPSA) is 196 Å². The van der Waals surface area contributed by atoms with Crippen LogP contribution in [-0.2, 0) is 44.7 Å². The Hall–Kier alpha value is -4.12. The largest absolute Gasteiger partial charge is 0.379 e. The molecule has 1 saturated carbocycles. The molecule has 1 aromatic rings. The maximum Gasteiger partial charge on any atom is 0.246 e. The third-order valence-corrected chi connectivity index (χ3v) is 13.4. The van der Waals surface area contributed by atoms with Crippen molar-refractivity contribution >= 4 is 41.1 Å². The minimum Gasteiger partial charge on any atom is -0.379 e. The number of nitrogens with two attached hydrogens (primary N) is 1. The standard InChI is InChI=1S/C46H78N8O8/c1-14-29(4)39(53(11)44(59)38(28(2)3)50-45(60)46(51(8)9)22-17-23-46)36(61-12)27-37(55)54-24-16-20-35(54)40(62-13)30(5)43(58)52(10)25-21-33-18-15-19-34(26-33)49-42(57)32(7)48-41(56)31(6)47/h15,18-19,26,28-32,35-36,38-40H,14,16-17,20-25,27,47H2,1-13H3,(H,48,56)(H,49,57)(H,50,60)/t29-,30+,31-,32-,35-,36+,38-,39-,40+/m0/s1. The molecule has 0 spiro atoms. The van der Waals surface area contributed by atoms with Gasteiger partial charge in [0.1, 0.15) is 12.1 Å². The number of hydrogen-bond acceptors (Lipinski definition) is 10. The molecule has 16 heteroatoms. The van der Waals surface area contributed by atoms with Crippen molar-refractivity contribution in [2.75, 3.05) is 60.8 Å². The van der Waals surface area contributed by atoms with E-state index in [4.69, 9.17) is 15.2 Å². The van der Waals surface area contributed by atoms with E-state index in [0.717, 1.165) is 37.7 Å². The molecule has 3 rings (SSSR count). The summed E-state index contributed by atoms with van der Waals surface area (Å²) in [5.74, 6) is -2.16. The van der Waals surface area contributed by atoms with Gasteiger partial charge in [-0.05, 0) is 96.0 Å². The summed E-state index contributed by atoms with van der Waals surface area (Å²) in [6.07, 6.45) is 3.98. The number of rotatable bonds is 23. The number of anilines is 1. The molecule has 5 N–H and O–H groups in total. The van der Waals surface area contributed by atoms with Crippen LogP contribution in [0, 0.1) is 17.8 Å². The molecule has 2 fully saturated rings. The van der Waals surface area contributed by atoms with E-state index in [1.165, 1.54) is 0 Å². The second-order valence-corrected chi connectivity index (χ2v) is 18.3. The van der Waals surface area contributed by atoms with Crippen molar-refractivity contribution in [3.8, 4) is 0 Å². The molecule has 6 amide bonds. The summed E-state index contributed by atoms with van der Waals surface area (Å²) in [5, 5.41) is 8.51. The van der Waals surface area contributed by atoms with E-state index in [0.29, 0.717) is 31.6 Å².